The van der Waals surface area contributed by atoms with Gasteiger partial charge in [0, 0.05) is 34.9 Å². The van der Waals surface area contributed by atoms with Gasteiger partial charge in [-0.2, -0.15) is 5.10 Å². The van der Waals surface area contributed by atoms with Gasteiger partial charge >= 0.3 is 0 Å². The summed E-state index contributed by atoms with van der Waals surface area (Å²) in [6.45, 7) is 0.592. The second-order valence-electron chi connectivity index (χ2n) is 7.03. The van der Waals surface area contributed by atoms with E-state index in [0.29, 0.717) is 38.6 Å². The van der Waals surface area contributed by atoms with Crippen molar-refractivity contribution in [3.8, 4) is 16.5 Å². The zero-order chi connectivity index (χ0) is 22.1. The Bertz CT molecular complexity index is 1410. The number of halogens is 1. The van der Waals surface area contributed by atoms with Crippen LogP contribution in [0.25, 0.3) is 21.6 Å². The maximum atomic E-state index is 13.4. The van der Waals surface area contributed by atoms with Gasteiger partial charge in [-0.15, -0.1) is 15.3 Å². The third-order valence-electron chi connectivity index (χ3n) is 5.01. The summed E-state index contributed by atoms with van der Waals surface area (Å²) in [6, 6.07) is 16.9. The summed E-state index contributed by atoms with van der Waals surface area (Å²) in [5.41, 5.74) is 3.11. The van der Waals surface area contributed by atoms with Crippen LogP contribution in [0.15, 0.2) is 67.0 Å². The first-order valence-corrected chi connectivity index (χ1v) is 10.9. The highest BCUT2D eigenvalue weighted by molar-refractivity contribution is 7.16. The van der Waals surface area contributed by atoms with Crippen molar-refractivity contribution < 1.29 is 9.53 Å². The molecular weight excluding hydrogens is 446 g/mol. The number of benzene rings is 2. The maximum absolute atomic E-state index is 13.4. The van der Waals surface area contributed by atoms with E-state index in [1.165, 1.54) is 11.3 Å². The number of nitrogens with zero attached hydrogens (tertiary/aromatic N) is 5. The lowest BCUT2D eigenvalue weighted by molar-refractivity contribution is 0.103. The van der Waals surface area contributed by atoms with Crippen molar-refractivity contribution in [2.75, 3.05) is 7.11 Å². The highest BCUT2D eigenvalue weighted by Crippen LogP contribution is 2.30. The topological polar surface area (TPSA) is 82.8 Å². The fourth-order valence-electron chi connectivity index (χ4n) is 3.45. The molecule has 158 valence electrons. The molecule has 0 aliphatic carbocycles. The van der Waals surface area contributed by atoms with Gasteiger partial charge in [0.2, 0.25) is 5.78 Å². The van der Waals surface area contributed by atoms with Gasteiger partial charge in [-0.1, -0.05) is 35.1 Å². The first-order valence-electron chi connectivity index (χ1n) is 9.70. The normalized spacial score (nSPS) is 11.1. The molecule has 0 saturated heterocycles. The lowest BCUT2D eigenvalue weighted by Gasteiger charge is -2.06. The number of aromatic nitrogens is 5. The number of rotatable bonds is 6. The molecule has 0 N–H and O–H groups in total. The highest BCUT2D eigenvalue weighted by Gasteiger charge is 2.22. The van der Waals surface area contributed by atoms with Crippen molar-refractivity contribution in [3.63, 3.8) is 0 Å². The molecule has 0 radical (unpaired) electrons. The average Bonchev–Trinajstić information content (AvgIpc) is 3.46. The molecule has 2 aromatic carbocycles. The van der Waals surface area contributed by atoms with E-state index >= 15 is 0 Å². The zero-order valence-electron chi connectivity index (χ0n) is 16.9. The molecule has 0 amide bonds. The summed E-state index contributed by atoms with van der Waals surface area (Å²) in [4.78, 5) is 13.4. The lowest BCUT2D eigenvalue weighted by atomic mass is 10.1. The number of carbonyl (C=O) groups is 1. The molecule has 5 rings (SSSR count). The minimum Gasteiger partial charge on any atom is -0.497 e. The summed E-state index contributed by atoms with van der Waals surface area (Å²) in [6.07, 6.45) is 3.43. The Balaban J connectivity index is 1.56. The van der Waals surface area contributed by atoms with Crippen LogP contribution in [0.3, 0.4) is 0 Å². The van der Waals surface area contributed by atoms with E-state index in [1.807, 2.05) is 53.2 Å². The van der Waals surface area contributed by atoms with Crippen molar-refractivity contribution in [2.45, 2.75) is 6.54 Å². The molecule has 3 heterocycles. The second-order valence-corrected chi connectivity index (χ2v) is 8.44. The molecule has 0 aliphatic heterocycles. The van der Waals surface area contributed by atoms with Crippen LogP contribution in [-0.2, 0) is 6.54 Å². The Morgan fingerprint density at radius 1 is 1.09 bits per heavy atom. The van der Waals surface area contributed by atoms with E-state index in [0.717, 1.165) is 16.5 Å². The predicted octanol–water partition coefficient (Wildman–Crippen LogP) is 4.89. The van der Waals surface area contributed by atoms with Crippen LogP contribution in [0.2, 0.25) is 5.02 Å². The standard InChI is InChI=1S/C23H16ClN5O2S/c1-31-16-8-9-20-17(11-16)18(13-29(20)12-14-4-6-15(24)7-5-14)21(30)23-28-27-22(32-23)19-3-2-10-25-26-19/h2-11,13H,12H2,1H3. The second kappa shape index (κ2) is 8.49. The van der Waals surface area contributed by atoms with E-state index < -0.39 is 0 Å². The molecular formula is C23H16ClN5O2S. The molecule has 0 saturated carbocycles. The number of methoxy groups -OCH3 is 1. The van der Waals surface area contributed by atoms with Crippen molar-refractivity contribution in [1.29, 1.82) is 0 Å². The van der Waals surface area contributed by atoms with Crippen LogP contribution in [0.1, 0.15) is 20.9 Å². The van der Waals surface area contributed by atoms with E-state index in [4.69, 9.17) is 16.3 Å². The molecule has 5 aromatic rings. The Morgan fingerprint density at radius 2 is 1.94 bits per heavy atom. The Morgan fingerprint density at radius 3 is 2.69 bits per heavy atom. The van der Waals surface area contributed by atoms with Crippen LogP contribution < -0.4 is 4.74 Å². The smallest absolute Gasteiger partial charge is 0.225 e. The van der Waals surface area contributed by atoms with E-state index in [2.05, 4.69) is 20.4 Å². The minimum absolute atomic E-state index is 0.203. The van der Waals surface area contributed by atoms with Gasteiger partial charge in [-0.3, -0.25) is 4.79 Å². The molecule has 7 nitrogen and oxygen atoms in total. The first-order chi connectivity index (χ1) is 15.6. The van der Waals surface area contributed by atoms with Crippen molar-refractivity contribution >= 4 is 39.6 Å². The third-order valence-corrected chi connectivity index (χ3v) is 6.21. The molecule has 0 atom stereocenters. The SMILES string of the molecule is COc1ccc2c(c1)c(C(=O)c1nnc(-c3cccnn3)s1)cn2Cc1ccc(Cl)cc1. The number of ketones is 1. The number of carbonyl (C=O) groups excluding carboxylic acids is 1. The van der Waals surface area contributed by atoms with E-state index in [1.54, 1.807) is 25.4 Å². The fourth-order valence-corrected chi connectivity index (χ4v) is 4.34. The summed E-state index contributed by atoms with van der Waals surface area (Å²) in [5.74, 6) is 0.471. The Hall–Kier alpha value is -3.62. The number of ether oxygens (including phenoxy) is 1. The Labute approximate surface area is 192 Å². The lowest BCUT2D eigenvalue weighted by Crippen LogP contribution is -2.01. The van der Waals surface area contributed by atoms with E-state index in [9.17, 15) is 4.79 Å². The van der Waals surface area contributed by atoms with Crippen molar-refractivity contribution in [3.05, 3.63) is 88.1 Å². The molecule has 32 heavy (non-hydrogen) atoms. The highest BCUT2D eigenvalue weighted by atomic mass is 35.5. The largest absolute Gasteiger partial charge is 0.497 e. The summed E-state index contributed by atoms with van der Waals surface area (Å²) >= 11 is 7.21. The monoisotopic (exact) mass is 461 g/mol. The molecule has 0 fully saturated rings. The minimum atomic E-state index is -0.203. The van der Waals surface area contributed by atoms with Gasteiger partial charge in [0.15, 0.2) is 10.0 Å². The summed E-state index contributed by atoms with van der Waals surface area (Å²) < 4.78 is 7.43. The Kier molecular flexibility index (Phi) is 5.38. The molecule has 0 aliphatic rings. The van der Waals surface area contributed by atoms with Crippen molar-refractivity contribution in [1.82, 2.24) is 25.0 Å². The first kappa shape index (κ1) is 20.3. The van der Waals surface area contributed by atoms with E-state index in [-0.39, 0.29) is 5.78 Å². The molecule has 3 aromatic heterocycles. The number of fused-ring (bicyclic) bond motifs is 1. The molecule has 0 bridgehead atoms. The molecule has 9 heteroatoms. The summed E-state index contributed by atoms with van der Waals surface area (Å²) in [7, 11) is 1.60. The maximum Gasteiger partial charge on any atom is 0.225 e. The van der Waals surface area contributed by atoms with Crippen LogP contribution in [0, 0.1) is 0 Å². The summed E-state index contributed by atoms with van der Waals surface area (Å²) in [5, 5.41) is 18.5. The zero-order valence-corrected chi connectivity index (χ0v) is 18.5. The van der Waals surface area contributed by atoms with Crippen LogP contribution in [0.5, 0.6) is 5.75 Å². The third kappa shape index (κ3) is 3.86. The van der Waals surface area contributed by atoms with Crippen LogP contribution in [-0.4, -0.2) is 37.9 Å². The van der Waals surface area contributed by atoms with Gasteiger partial charge in [0.25, 0.3) is 0 Å². The fraction of sp³-hybridized carbons (Fsp3) is 0.0870. The van der Waals surface area contributed by atoms with Gasteiger partial charge < -0.3 is 9.30 Å². The number of hydrogen-bond donors (Lipinski definition) is 0. The van der Waals surface area contributed by atoms with Crippen LogP contribution in [0.4, 0.5) is 0 Å². The van der Waals surface area contributed by atoms with Gasteiger partial charge in [-0.25, -0.2) is 0 Å². The van der Waals surface area contributed by atoms with Crippen molar-refractivity contribution in [2.24, 2.45) is 0 Å². The molecule has 0 unspecified atom stereocenters. The van der Waals surface area contributed by atoms with Crippen LogP contribution >= 0.6 is 22.9 Å². The average molecular weight is 462 g/mol. The van der Waals surface area contributed by atoms with Gasteiger partial charge in [0.05, 0.1) is 12.7 Å². The molecule has 0 spiro atoms. The van der Waals surface area contributed by atoms with Gasteiger partial charge in [-0.05, 0) is 48.0 Å². The quantitative estimate of drug-likeness (QED) is 0.335. The number of hydrogen-bond acceptors (Lipinski definition) is 7. The predicted molar refractivity (Wildman–Crippen MR) is 123 cm³/mol. The van der Waals surface area contributed by atoms with Gasteiger partial charge in [0.1, 0.15) is 11.4 Å².